The van der Waals surface area contributed by atoms with E-state index < -0.39 is 0 Å². The largest absolute Gasteiger partial charge is 0.309 e. The van der Waals surface area contributed by atoms with Gasteiger partial charge in [0.25, 0.3) is 0 Å². The second-order valence-electron chi connectivity index (χ2n) is 11.9. The van der Waals surface area contributed by atoms with Crippen molar-refractivity contribution in [1.29, 1.82) is 0 Å². The van der Waals surface area contributed by atoms with Crippen LogP contribution in [-0.2, 0) is 0 Å². The SMILES string of the molecule is c1ccc(-n2c3ccccc3c3ccccc32)c(-c2ccc(-c3ccccc3-n3c4ccccc4c4ccccc43)c3nsnc23)c1. The van der Waals surface area contributed by atoms with Crippen molar-refractivity contribution >= 4 is 66.4 Å². The Balaban J connectivity index is 1.21. The number of hydrogen-bond donors (Lipinski definition) is 0. The van der Waals surface area contributed by atoms with Gasteiger partial charge in [-0.25, -0.2) is 0 Å². The van der Waals surface area contributed by atoms with Crippen molar-refractivity contribution in [2.75, 3.05) is 0 Å². The summed E-state index contributed by atoms with van der Waals surface area (Å²) in [5.41, 5.74) is 13.2. The lowest BCUT2D eigenvalue weighted by Gasteiger charge is -2.16. The minimum atomic E-state index is 0.915. The van der Waals surface area contributed by atoms with E-state index in [0.29, 0.717) is 0 Å². The van der Waals surface area contributed by atoms with Gasteiger partial charge in [0.1, 0.15) is 11.0 Å². The van der Waals surface area contributed by atoms with E-state index in [1.807, 2.05) is 0 Å². The summed E-state index contributed by atoms with van der Waals surface area (Å²) in [7, 11) is 0. The molecule has 0 N–H and O–H groups in total. The van der Waals surface area contributed by atoms with Gasteiger partial charge in [-0.05, 0) is 36.4 Å². The molecule has 0 bridgehead atoms. The molecule has 0 fully saturated rings. The van der Waals surface area contributed by atoms with Gasteiger partial charge in [-0.1, -0.05) is 121 Å². The van der Waals surface area contributed by atoms with Crippen LogP contribution >= 0.6 is 11.7 Å². The molecule has 5 heteroatoms. The van der Waals surface area contributed by atoms with Gasteiger partial charge in [-0.2, -0.15) is 8.75 Å². The second kappa shape index (κ2) is 10.2. The van der Waals surface area contributed by atoms with Gasteiger partial charge in [-0.3, -0.25) is 0 Å². The van der Waals surface area contributed by atoms with E-state index in [-0.39, 0.29) is 0 Å². The summed E-state index contributed by atoms with van der Waals surface area (Å²) in [5.74, 6) is 0. The summed E-state index contributed by atoms with van der Waals surface area (Å²) in [4.78, 5) is 0. The molecule has 0 spiro atoms. The molecule has 0 saturated heterocycles. The van der Waals surface area contributed by atoms with Crippen molar-refractivity contribution in [1.82, 2.24) is 17.9 Å². The van der Waals surface area contributed by atoms with Crippen LogP contribution in [0.3, 0.4) is 0 Å². The zero-order chi connectivity index (χ0) is 30.9. The Hall–Kier alpha value is -6.04. The van der Waals surface area contributed by atoms with E-state index in [4.69, 9.17) is 8.75 Å². The highest BCUT2D eigenvalue weighted by Gasteiger charge is 2.21. The lowest BCUT2D eigenvalue weighted by Crippen LogP contribution is -1.99. The highest BCUT2D eigenvalue weighted by atomic mass is 32.1. The Kier molecular flexibility index (Phi) is 5.71. The first kappa shape index (κ1) is 26.2. The summed E-state index contributed by atoms with van der Waals surface area (Å²) in [6.45, 7) is 0. The van der Waals surface area contributed by atoms with E-state index in [1.165, 1.54) is 55.3 Å². The van der Waals surface area contributed by atoms with E-state index in [1.54, 1.807) is 0 Å². The molecule has 0 aliphatic carbocycles. The number of hydrogen-bond acceptors (Lipinski definition) is 3. The Morgan fingerprint density at radius 2 is 0.638 bits per heavy atom. The van der Waals surface area contributed by atoms with Crippen molar-refractivity contribution in [3.63, 3.8) is 0 Å². The third kappa shape index (κ3) is 3.81. The quantitative estimate of drug-likeness (QED) is 0.197. The highest BCUT2D eigenvalue weighted by Crippen LogP contribution is 2.42. The lowest BCUT2D eigenvalue weighted by atomic mass is 9.95. The van der Waals surface area contributed by atoms with Crippen LogP contribution in [0.25, 0.3) is 88.3 Å². The topological polar surface area (TPSA) is 35.6 Å². The zero-order valence-electron chi connectivity index (χ0n) is 25.2. The molecule has 0 saturated carbocycles. The van der Waals surface area contributed by atoms with Crippen LogP contribution in [0, 0.1) is 0 Å². The molecule has 3 aromatic heterocycles. The Bertz CT molecular complexity index is 2520. The van der Waals surface area contributed by atoms with Gasteiger partial charge in [0, 0.05) is 43.8 Å². The first-order valence-corrected chi connectivity index (χ1v) is 16.5. The van der Waals surface area contributed by atoms with E-state index in [0.717, 1.165) is 44.7 Å². The summed E-state index contributed by atoms with van der Waals surface area (Å²) >= 11 is 1.27. The lowest BCUT2D eigenvalue weighted by molar-refractivity contribution is 1.18. The van der Waals surface area contributed by atoms with Crippen LogP contribution in [0.15, 0.2) is 158 Å². The first-order valence-electron chi connectivity index (χ1n) is 15.8. The summed E-state index contributed by atoms with van der Waals surface area (Å²) in [6.07, 6.45) is 0. The van der Waals surface area contributed by atoms with Gasteiger partial charge in [0.2, 0.25) is 0 Å². The third-order valence-electron chi connectivity index (χ3n) is 9.45. The van der Waals surface area contributed by atoms with Crippen LogP contribution in [-0.4, -0.2) is 17.9 Å². The van der Waals surface area contributed by atoms with Gasteiger partial charge in [0.05, 0.1) is 45.2 Å². The van der Waals surface area contributed by atoms with Crippen molar-refractivity contribution < 1.29 is 0 Å². The normalized spacial score (nSPS) is 11.8. The zero-order valence-corrected chi connectivity index (χ0v) is 26.0. The fourth-order valence-electron chi connectivity index (χ4n) is 7.46. The number of nitrogens with zero attached hydrogens (tertiary/aromatic N) is 4. The fraction of sp³-hybridized carbons (Fsp3) is 0. The average molecular weight is 619 g/mol. The third-order valence-corrected chi connectivity index (χ3v) is 9.97. The molecule has 3 heterocycles. The minimum Gasteiger partial charge on any atom is -0.309 e. The van der Waals surface area contributed by atoms with Gasteiger partial charge in [-0.15, -0.1) is 0 Å². The van der Waals surface area contributed by atoms with Crippen molar-refractivity contribution in [2.24, 2.45) is 0 Å². The number of fused-ring (bicyclic) bond motifs is 7. The monoisotopic (exact) mass is 618 g/mol. The molecule has 7 aromatic carbocycles. The molecule has 47 heavy (non-hydrogen) atoms. The van der Waals surface area contributed by atoms with Gasteiger partial charge < -0.3 is 9.13 Å². The van der Waals surface area contributed by atoms with E-state index in [9.17, 15) is 0 Å². The summed E-state index contributed by atoms with van der Waals surface area (Å²) < 4.78 is 14.6. The molecule has 0 amide bonds. The molecule has 0 aliphatic heterocycles. The first-order chi connectivity index (χ1) is 23.4. The van der Waals surface area contributed by atoms with Crippen LogP contribution in [0.2, 0.25) is 0 Å². The molecule has 0 radical (unpaired) electrons. The van der Waals surface area contributed by atoms with Crippen molar-refractivity contribution in [2.45, 2.75) is 0 Å². The molecule has 10 aromatic rings. The molecular formula is C42H26N4S. The average Bonchev–Trinajstić information content (AvgIpc) is 3.85. The van der Waals surface area contributed by atoms with Crippen LogP contribution in [0.5, 0.6) is 0 Å². The molecule has 0 aliphatic rings. The fourth-order valence-corrected chi connectivity index (χ4v) is 8.03. The minimum absolute atomic E-state index is 0.915. The molecule has 0 atom stereocenters. The second-order valence-corrected chi connectivity index (χ2v) is 12.4. The number of para-hydroxylation sites is 6. The Morgan fingerprint density at radius 3 is 1.02 bits per heavy atom. The van der Waals surface area contributed by atoms with Crippen LogP contribution in [0.4, 0.5) is 0 Å². The Labute approximate surface area is 274 Å². The maximum Gasteiger partial charge on any atom is 0.113 e. The van der Waals surface area contributed by atoms with Crippen molar-refractivity contribution in [3.05, 3.63) is 158 Å². The number of benzene rings is 7. The van der Waals surface area contributed by atoms with Crippen molar-refractivity contribution in [3.8, 4) is 33.6 Å². The molecule has 220 valence electrons. The Morgan fingerprint density at radius 1 is 0.319 bits per heavy atom. The summed E-state index contributed by atoms with van der Waals surface area (Å²) in [5, 5.41) is 4.98. The van der Waals surface area contributed by atoms with Gasteiger partial charge in [0.15, 0.2) is 0 Å². The molecule has 10 rings (SSSR count). The highest BCUT2D eigenvalue weighted by molar-refractivity contribution is 7.00. The molecule has 4 nitrogen and oxygen atoms in total. The van der Waals surface area contributed by atoms with Gasteiger partial charge >= 0.3 is 0 Å². The maximum atomic E-state index is 4.94. The van der Waals surface area contributed by atoms with Crippen LogP contribution < -0.4 is 0 Å². The summed E-state index contributed by atoms with van der Waals surface area (Å²) in [6, 6.07) is 56.4. The number of rotatable bonds is 4. The maximum absolute atomic E-state index is 4.94. The van der Waals surface area contributed by atoms with E-state index in [2.05, 4.69) is 167 Å². The molecular weight excluding hydrogens is 593 g/mol. The standard InChI is InChI=1S/C42H26N4S/c1-7-19-35-27(13-1)28-14-2-8-20-36(28)45(35)39-23-11-5-17-31(39)33-25-26-34(42-41(33)43-47-44-42)32-18-6-12-24-40(32)46-37-21-9-3-15-29(37)30-16-4-10-22-38(30)46/h1-26H. The number of aromatic nitrogens is 4. The molecule has 0 unspecified atom stereocenters. The van der Waals surface area contributed by atoms with Crippen LogP contribution in [0.1, 0.15) is 0 Å². The predicted molar refractivity (Wildman–Crippen MR) is 197 cm³/mol. The van der Waals surface area contributed by atoms with E-state index >= 15 is 0 Å². The smallest absolute Gasteiger partial charge is 0.113 e. The predicted octanol–water partition coefficient (Wildman–Crippen LogP) is 11.2.